The molecule has 0 aromatic heterocycles. The Kier molecular flexibility index (Phi) is 11.6. The molecule has 0 aliphatic carbocycles. The molecule has 10 nitrogen and oxygen atoms in total. The third kappa shape index (κ3) is 9.12. The Morgan fingerprint density at radius 3 is 2.33 bits per heavy atom. The van der Waals surface area contributed by atoms with Crippen LogP contribution in [0, 0.1) is 17.0 Å². The van der Waals surface area contributed by atoms with Gasteiger partial charge in [0, 0.05) is 36.1 Å². The average molecular weight is 660 g/mol. The van der Waals surface area contributed by atoms with Crippen molar-refractivity contribution >= 4 is 49.1 Å². The molecule has 3 aromatic rings. The van der Waals surface area contributed by atoms with Crippen molar-refractivity contribution < 1.29 is 22.9 Å². The average Bonchev–Trinajstić information content (AvgIpc) is 2.94. The molecule has 0 fully saturated rings. The van der Waals surface area contributed by atoms with E-state index in [4.69, 9.17) is 0 Å². The lowest BCUT2D eigenvalue weighted by molar-refractivity contribution is -0.384. The summed E-state index contributed by atoms with van der Waals surface area (Å²) in [5, 5.41) is 14.4. The normalized spacial score (nSPS) is 11.9. The van der Waals surface area contributed by atoms with Gasteiger partial charge in [-0.3, -0.25) is 24.0 Å². The van der Waals surface area contributed by atoms with Crippen molar-refractivity contribution in [3.05, 3.63) is 104 Å². The molecule has 42 heavy (non-hydrogen) atoms. The largest absolute Gasteiger partial charge is 0.354 e. The molecule has 0 heterocycles. The van der Waals surface area contributed by atoms with Crippen LogP contribution in [0.2, 0.25) is 0 Å². The molecule has 0 spiro atoms. The number of non-ortho nitro benzene ring substituents is 1. The first-order chi connectivity index (χ1) is 19.9. The zero-order valence-corrected chi connectivity index (χ0v) is 26.2. The Hall–Kier alpha value is -3.77. The van der Waals surface area contributed by atoms with Gasteiger partial charge in [0.2, 0.25) is 21.8 Å². The van der Waals surface area contributed by atoms with E-state index in [0.717, 1.165) is 45.1 Å². The first-order valence-corrected chi connectivity index (χ1v) is 16.1. The van der Waals surface area contributed by atoms with Crippen LogP contribution < -0.4 is 9.62 Å². The number of unbranched alkanes of at least 4 members (excludes halogenated alkanes) is 1. The minimum atomic E-state index is -4.06. The lowest BCUT2D eigenvalue weighted by Crippen LogP contribution is -2.53. The molecule has 1 N–H and O–H groups in total. The van der Waals surface area contributed by atoms with Gasteiger partial charge >= 0.3 is 0 Å². The molecule has 3 aromatic carbocycles. The molecule has 224 valence electrons. The number of amides is 2. The van der Waals surface area contributed by atoms with Crippen LogP contribution in [0.25, 0.3) is 0 Å². The lowest BCUT2D eigenvalue weighted by atomic mass is 10.0. The van der Waals surface area contributed by atoms with Gasteiger partial charge in [-0.05, 0) is 42.2 Å². The maximum atomic E-state index is 14.2. The van der Waals surface area contributed by atoms with Gasteiger partial charge in [-0.15, -0.1) is 0 Å². The van der Waals surface area contributed by atoms with Gasteiger partial charge in [0.25, 0.3) is 5.69 Å². The molecule has 1 atom stereocenters. The number of nitrogens with zero attached hydrogens (tertiary/aromatic N) is 3. The van der Waals surface area contributed by atoms with Crippen LogP contribution in [0.3, 0.4) is 0 Å². The van der Waals surface area contributed by atoms with Crippen molar-refractivity contribution in [2.45, 2.75) is 45.7 Å². The highest BCUT2D eigenvalue weighted by Crippen LogP contribution is 2.28. The number of benzene rings is 3. The van der Waals surface area contributed by atoms with Crippen LogP contribution >= 0.6 is 15.9 Å². The zero-order valence-electron chi connectivity index (χ0n) is 23.8. The number of halogens is 1. The molecule has 2 amide bonds. The molecule has 0 aliphatic heterocycles. The fourth-order valence-corrected chi connectivity index (χ4v) is 5.81. The number of nitro benzene ring substituents is 1. The highest BCUT2D eigenvalue weighted by molar-refractivity contribution is 9.10. The van der Waals surface area contributed by atoms with Gasteiger partial charge in [-0.1, -0.05) is 77.8 Å². The minimum Gasteiger partial charge on any atom is -0.354 e. The van der Waals surface area contributed by atoms with E-state index in [9.17, 15) is 28.1 Å². The highest BCUT2D eigenvalue weighted by atomic mass is 79.9. The fourth-order valence-electron chi connectivity index (χ4n) is 4.47. The second-order valence-corrected chi connectivity index (χ2v) is 12.8. The van der Waals surface area contributed by atoms with E-state index in [1.54, 1.807) is 6.92 Å². The van der Waals surface area contributed by atoms with E-state index in [0.29, 0.717) is 12.1 Å². The molecule has 12 heteroatoms. The van der Waals surface area contributed by atoms with Crippen LogP contribution in [0.15, 0.2) is 77.3 Å². The number of carbonyl (C=O) groups excluding carboxylic acids is 2. The topological polar surface area (TPSA) is 130 Å². The third-order valence-electron chi connectivity index (χ3n) is 6.69. The molecule has 0 saturated carbocycles. The molecule has 0 saturated heterocycles. The van der Waals surface area contributed by atoms with Gasteiger partial charge in [0.15, 0.2) is 0 Å². The highest BCUT2D eigenvalue weighted by Gasteiger charge is 2.33. The molecule has 0 radical (unpaired) electrons. The number of hydrogen-bond donors (Lipinski definition) is 1. The van der Waals surface area contributed by atoms with E-state index >= 15 is 0 Å². The van der Waals surface area contributed by atoms with Crippen molar-refractivity contribution in [3.63, 3.8) is 0 Å². The van der Waals surface area contributed by atoms with Crippen LogP contribution in [-0.4, -0.2) is 55.4 Å². The van der Waals surface area contributed by atoms with Crippen LogP contribution in [-0.2, 0) is 32.6 Å². The maximum Gasteiger partial charge on any atom is 0.271 e. The summed E-state index contributed by atoms with van der Waals surface area (Å²) in [6.45, 7) is 3.43. The summed E-state index contributed by atoms with van der Waals surface area (Å²) in [4.78, 5) is 40.0. The van der Waals surface area contributed by atoms with Crippen molar-refractivity contribution in [3.8, 4) is 0 Å². The molecule has 0 bridgehead atoms. The molecule has 0 aliphatic rings. The van der Waals surface area contributed by atoms with E-state index < -0.39 is 33.4 Å². The number of hydrogen-bond acceptors (Lipinski definition) is 6. The number of rotatable bonds is 14. The number of sulfonamides is 1. The number of carbonyl (C=O) groups is 2. The monoisotopic (exact) mass is 658 g/mol. The summed E-state index contributed by atoms with van der Waals surface area (Å²) in [6, 6.07) is 19.5. The second-order valence-electron chi connectivity index (χ2n) is 10.00. The van der Waals surface area contributed by atoms with Gasteiger partial charge in [0.05, 0.1) is 16.9 Å². The Balaban J connectivity index is 2.09. The van der Waals surface area contributed by atoms with Gasteiger partial charge in [-0.2, -0.15) is 0 Å². The number of anilines is 1. The number of aryl methyl sites for hydroxylation is 1. The quantitative estimate of drug-likeness (QED) is 0.148. The van der Waals surface area contributed by atoms with Crippen LogP contribution in [0.5, 0.6) is 0 Å². The standard InChI is InChI=1S/C30H35BrN4O6S/c1-4-5-16-32-30(37)28(18-23-10-7-6-8-11-23)33(20-24-12-9-13-25(31)17-24)29(36)21-34(42(3,40)41)27-19-26(35(38)39)15-14-22(27)2/h6-15,17,19,28H,4-5,16,18,20-21H2,1-3H3,(H,32,37). The second kappa shape index (κ2) is 14.9. The molecular weight excluding hydrogens is 624 g/mol. The Morgan fingerprint density at radius 2 is 1.71 bits per heavy atom. The summed E-state index contributed by atoms with van der Waals surface area (Å²) in [6.07, 6.45) is 2.77. The first-order valence-electron chi connectivity index (χ1n) is 13.5. The van der Waals surface area contributed by atoms with E-state index in [-0.39, 0.29) is 30.2 Å². The van der Waals surface area contributed by atoms with Gasteiger partial charge in [-0.25, -0.2) is 8.42 Å². The fraction of sp³-hybridized carbons (Fsp3) is 0.333. The Bertz CT molecular complexity index is 1520. The number of nitrogens with one attached hydrogen (secondary N) is 1. The minimum absolute atomic E-state index is 0.0227. The van der Waals surface area contributed by atoms with Crippen molar-refractivity contribution in [1.82, 2.24) is 10.2 Å². The van der Waals surface area contributed by atoms with Gasteiger partial charge < -0.3 is 10.2 Å². The Morgan fingerprint density at radius 1 is 1.02 bits per heavy atom. The summed E-state index contributed by atoms with van der Waals surface area (Å²) < 4.78 is 27.6. The van der Waals surface area contributed by atoms with E-state index in [1.807, 2.05) is 61.5 Å². The van der Waals surface area contributed by atoms with Crippen LogP contribution in [0.1, 0.15) is 36.5 Å². The Labute approximate surface area is 255 Å². The number of nitro groups is 1. The summed E-state index contributed by atoms with van der Waals surface area (Å²) in [5.74, 6) is -0.981. The van der Waals surface area contributed by atoms with Crippen molar-refractivity contribution in [2.24, 2.45) is 0 Å². The summed E-state index contributed by atoms with van der Waals surface area (Å²) in [5.41, 5.74) is 1.72. The van der Waals surface area contributed by atoms with E-state index in [1.165, 1.54) is 17.0 Å². The third-order valence-corrected chi connectivity index (χ3v) is 8.31. The molecule has 1 unspecified atom stereocenters. The van der Waals surface area contributed by atoms with Gasteiger partial charge in [0.1, 0.15) is 12.6 Å². The lowest BCUT2D eigenvalue weighted by Gasteiger charge is -2.33. The van der Waals surface area contributed by atoms with Crippen LogP contribution in [0.4, 0.5) is 11.4 Å². The molecule has 3 rings (SSSR count). The van der Waals surface area contributed by atoms with E-state index in [2.05, 4.69) is 21.2 Å². The zero-order chi connectivity index (χ0) is 30.9. The maximum absolute atomic E-state index is 14.2. The first kappa shape index (κ1) is 32.7. The predicted molar refractivity (Wildman–Crippen MR) is 167 cm³/mol. The summed E-state index contributed by atoms with van der Waals surface area (Å²) in [7, 11) is -4.06. The predicted octanol–water partition coefficient (Wildman–Crippen LogP) is 4.99. The van der Waals surface area contributed by atoms with Crippen molar-refractivity contribution in [1.29, 1.82) is 0 Å². The SMILES string of the molecule is CCCCNC(=O)C(Cc1ccccc1)N(Cc1cccc(Br)c1)C(=O)CN(c1cc([N+](=O)[O-])ccc1C)S(C)(=O)=O. The molecular formula is C30H35BrN4O6S. The van der Waals surface area contributed by atoms with Crippen molar-refractivity contribution in [2.75, 3.05) is 23.7 Å². The smallest absolute Gasteiger partial charge is 0.271 e. The summed E-state index contributed by atoms with van der Waals surface area (Å²) >= 11 is 3.45.